The Morgan fingerprint density at radius 2 is 2.11 bits per heavy atom. The smallest absolute Gasteiger partial charge is 0.0311 e. The summed E-state index contributed by atoms with van der Waals surface area (Å²) in [6, 6.07) is 6.20. The van der Waals surface area contributed by atoms with Gasteiger partial charge in [-0.25, -0.2) is 0 Å². The van der Waals surface area contributed by atoms with Gasteiger partial charge in [-0.15, -0.1) is 0 Å². The first-order valence-electron chi connectivity index (χ1n) is 2.62. The Morgan fingerprint density at radius 3 is 2.56 bits per heavy atom. The lowest BCUT2D eigenvalue weighted by molar-refractivity contribution is 1.40. The molecule has 0 aliphatic rings. The summed E-state index contributed by atoms with van der Waals surface area (Å²) in [6.45, 7) is 2.10. The summed E-state index contributed by atoms with van der Waals surface area (Å²) in [4.78, 5) is 0. The van der Waals surface area contributed by atoms with Crippen molar-refractivity contribution in [2.45, 2.75) is 6.92 Å². The Labute approximate surface area is 76.9 Å². The zero-order valence-electron chi connectivity index (χ0n) is 4.99. The van der Waals surface area contributed by atoms with Crippen molar-refractivity contribution >= 4 is 38.5 Å². The standard InChI is InChI=1S/C7H6BrI/c1-5-3-2-4-6(8)7(5)9/h2-4H,1H3. The molecular weight excluding hydrogens is 291 g/mol. The Hall–Kier alpha value is 0.430. The fourth-order valence-corrected chi connectivity index (χ4v) is 1.44. The third kappa shape index (κ3) is 1.67. The molecular formula is C7H6BrI. The van der Waals surface area contributed by atoms with Gasteiger partial charge in [0.15, 0.2) is 0 Å². The molecule has 0 saturated heterocycles. The van der Waals surface area contributed by atoms with Crippen LogP contribution in [0.2, 0.25) is 0 Å². The number of halogens is 2. The second-order valence-corrected chi connectivity index (χ2v) is 3.80. The minimum absolute atomic E-state index is 1.18. The first-order chi connectivity index (χ1) is 4.22. The molecule has 0 amide bonds. The Morgan fingerprint density at radius 1 is 1.44 bits per heavy atom. The maximum Gasteiger partial charge on any atom is 0.0311 e. The average Bonchev–Trinajstić information content (AvgIpc) is 1.83. The van der Waals surface area contributed by atoms with Gasteiger partial charge in [-0.2, -0.15) is 0 Å². The molecule has 0 aromatic heterocycles. The van der Waals surface area contributed by atoms with E-state index in [0.29, 0.717) is 0 Å². The SMILES string of the molecule is Cc1cccc(Br)c1I. The molecule has 1 rings (SSSR count). The number of hydrogen-bond donors (Lipinski definition) is 0. The zero-order chi connectivity index (χ0) is 6.85. The molecule has 0 heterocycles. The van der Waals surface area contributed by atoms with E-state index in [1.807, 2.05) is 6.07 Å². The molecule has 9 heavy (non-hydrogen) atoms. The Kier molecular flexibility index (Phi) is 2.52. The number of aryl methyl sites for hydroxylation is 1. The summed E-state index contributed by atoms with van der Waals surface area (Å²) in [6.07, 6.45) is 0. The molecule has 0 fully saturated rings. The molecule has 0 radical (unpaired) electrons. The van der Waals surface area contributed by atoms with Crippen molar-refractivity contribution in [3.63, 3.8) is 0 Å². The van der Waals surface area contributed by atoms with E-state index in [2.05, 4.69) is 57.6 Å². The minimum atomic E-state index is 1.18. The summed E-state index contributed by atoms with van der Waals surface area (Å²) in [5, 5.41) is 0. The predicted molar refractivity (Wildman–Crippen MR) is 51.6 cm³/mol. The molecule has 0 atom stereocenters. The van der Waals surface area contributed by atoms with Crippen molar-refractivity contribution in [2.75, 3.05) is 0 Å². The first kappa shape index (κ1) is 7.54. The van der Waals surface area contributed by atoms with Crippen LogP contribution < -0.4 is 0 Å². The highest BCUT2D eigenvalue weighted by molar-refractivity contribution is 14.1. The molecule has 1 aromatic rings. The van der Waals surface area contributed by atoms with E-state index in [-0.39, 0.29) is 0 Å². The van der Waals surface area contributed by atoms with Crippen molar-refractivity contribution in [3.05, 3.63) is 31.8 Å². The van der Waals surface area contributed by atoms with Gasteiger partial charge in [0.05, 0.1) is 0 Å². The minimum Gasteiger partial charge on any atom is -0.0608 e. The fraction of sp³-hybridized carbons (Fsp3) is 0.143. The van der Waals surface area contributed by atoms with Gasteiger partial charge in [0.2, 0.25) is 0 Å². The summed E-state index contributed by atoms with van der Waals surface area (Å²) >= 11 is 5.76. The van der Waals surface area contributed by atoms with Crippen LogP contribution in [0.1, 0.15) is 5.56 Å². The molecule has 0 saturated carbocycles. The third-order valence-electron chi connectivity index (χ3n) is 1.14. The van der Waals surface area contributed by atoms with Crippen LogP contribution in [-0.2, 0) is 0 Å². The van der Waals surface area contributed by atoms with Gasteiger partial charge < -0.3 is 0 Å². The topological polar surface area (TPSA) is 0 Å². The molecule has 48 valence electrons. The van der Waals surface area contributed by atoms with Crippen molar-refractivity contribution in [2.24, 2.45) is 0 Å². The molecule has 1 aromatic carbocycles. The van der Waals surface area contributed by atoms with E-state index in [4.69, 9.17) is 0 Å². The van der Waals surface area contributed by atoms with Crippen LogP contribution in [0.15, 0.2) is 22.7 Å². The van der Waals surface area contributed by atoms with Crippen LogP contribution in [0.5, 0.6) is 0 Å². The normalized spacial score (nSPS) is 9.67. The van der Waals surface area contributed by atoms with Crippen molar-refractivity contribution < 1.29 is 0 Å². The van der Waals surface area contributed by atoms with Crippen molar-refractivity contribution in [1.29, 1.82) is 0 Å². The fourth-order valence-electron chi connectivity index (χ4n) is 0.612. The van der Waals surface area contributed by atoms with Crippen LogP contribution in [0.25, 0.3) is 0 Å². The highest BCUT2D eigenvalue weighted by Gasteiger charge is 1.95. The quantitative estimate of drug-likeness (QED) is 0.644. The van der Waals surface area contributed by atoms with Gasteiger partial charge >= 0.3 is 0 Å². The molecule has 0 N–H and O–H groups in total. The largest absolute Gasteiger partial charge is 0.0608 e. The summed E-state index contributed by atoms with van der Waals surface area (Å²) in [7, 11) is 0. The predicted octanol–water partition coefficient (Wildman–Crippen LogP) is 3.36. The van der Waals surface area contributed by atoms with Gasteiger partial charge in [0, 0.05) is 8.04 Å². The van der Waals surface area contributed by atoms with E-state index in [9.17, 15) is 0 Å². The van der Waals surface area contributed by atoms with Gasteiger partial charge in [-0.3, -0.25) is 0 Å². The number of hydrogen-bond acceptors (Lipinski definition) is 0. The van der Waals surface area contributed by atoms with E-state index < -0.39 is 0 Å². The monoisotopic (exact) mass is 296 g/mol. The van der Waals surface area contributed by atoms with Crippen LogP contribution in [-0.4, -0.2) is 0 Å². The second kappa shape index (κ2) is 3.01. The molecule has 0 aliphatic carbocycles. The van der Waals surface area contributed by atoms with Crippen molar-refractivity contribution in [1.82, 2.24) is 0 Å². The lowest BCUT2D eigenvalue weighted by Crippen LogP contribution is -1.78. The van der Waals surface area contributed by atoms with Gasteiger partial charge in [-0.05, 0) is 57.1 Å². The Bertz CT molecular complexity index is 200. The highest BCUT2D eigenvalue weighted by Crippen LogP contribution is 2.21. The lowest BCUT2D eigenvalue weighted by atomic mass is 10.2. The molecule has 0 unspecified atom stereocenters. The van der Waals surface area contributed by atoms with Gasteiger partial charge in [0.1, 0.15) is 0 Å². The second-order valence-electron chi connectivity index (χ2n) is 1.87. The lowest BCUT2D eigenvalue weighted by Gasteiger charge is -1.97. The maximum atomic E-state index is 3.44. The summed E-state index contributed by atoms with van der Waals surface area (Å²) < 4.78 is 2.48. The van der Waals surface area contributed by atoms with E-state index in [1.165, 1.54) is 13.6 Å². The highest BCUT2D eigenvalue weighted by atomic mass is 127. The van der Waals surface area contributed by atoms with E-state index in [0.717, 1.165) is 0 Å². The molecule has 0 aliphatic heterocycles. The molecule has 0 nitrogen and oxygen atoms in total. The van der Waals surface area contributed by atoms with Gasteiger partial charge in [0.25, 0.3) is 0 Å². The van der Waals surface area contributed by atoms with E-state index in [1.54, 1.807) is 0 Å². The Balaban J connectivity index is 3.25. The molecule has 2 heteroatoms. The van der Waals surface area contributed by atoms with Crippen molar-refractivity contribution in [3.8, 4) is 0 Å². The molecule has 0 bridgehead atoms. The van der Waals surface area contributed by atoms with Crippen LogP contribution in [0.4, 0.5) is 0 Å². The summed E-state index contributed by atoms with van der Waals surface area (Å²) in [5.41, 5.74) is 1.32. The number of benzene rings is 1. The summed E-state index contributed by atoms with van der Waals surface area (Å²) in [5.74, 6) is 0. The van der Waals surface area contributed by atoms with Crippen LogP contribution in [0, 0.1) is 10.5 Å². The van der Waals surface area contributed by atoms with Gasteiger partial charge in [-0.1, -0.05) is 12.1 Å². The molecule has 0 spiro atoms. The van der Waals surface area contributed by atoms with Crippen LogP contribution in [0.3, 0.4) is 0 Å². The number of rotatable bonds is 0. The maximum absolute atomic E-state index is 3.44. The first-order valence-corrected chi connectivity index (χ1v) is 4.49. The zero-order valence-corrected chi connectivity index (χ0v) is 8.73. The average molecular weight is 297 g/mol. The van der Waals surface area contributed by atoms with Crippen LogP contribution >= 0.6 is 38.5 Å². The van der Waals surface area contributed by atoms with E-state index >= 15 is 0 Å². The third-order valence-corrected chi connectivity index (χ3v) is 3.98.